The van der Waals surface area contributed by atoms with E-state index in [9.17, 15) is 15.0 Å². The molecule has 4 bridgehead atoms. The van der Waals surface area contributed by atoms with Crippen LogP contribution in [-0.4, -0.2) is 35.5 Å². The van der Waals surface area contributed by atoms with Gasteiger partial charge in [-0.25, -0.2) is 0 Å². The van der Waals surface area contributed by atoms with Crippen LogP contribution in [0, 0.1) is 40.9 Å². The molecule has 0 aromatic heterocycles. The Kier molecular flexibility index (Phi) is 6.07. The fourth-order valence-corrected chi connectivity index (χ4v) is 8.57. The van der Waals surface area contributed by atoms with Gasteiger partial charge in [0, 0.05) is 17.8 Å². The zero-order valence-electron chi connectivity index (χ0n) is 19.0. The van der Waals surface area contributed by atoms with E-state index in [0.29, 0.717) is 18.3 Å². The standard InChI is InChI=1S/C27H40O4/c1-31-26(30)5-3-2-4-17-11-21-13-24(28)22(23(21)12-17)6-7-25(29)27-14-18-8-19(15-27)10-20(9-18)16-27/h4,6-7,18-25,28-29H,2-3,5,8-16H2,1H3/t18?,19?,20?,21-,22+,23-,24+,25?,27?/m1/s1. The topological polar surface area (TPSA) is 66.8 Å². The number of carbonyl (C=O) groups excluding carboxylic acids is 1. The molecule has 0 heterocycles. The number of aliphatic hydroxyl groups excluding tert-OH is 2. The largest absolute Gasteiger partial charge is 0.469 e. The van der Waals surface area contributed by atoms with Gasteiger partial charge in [-0.05, 0) is 100 Å². The van der Waals surface area contributed by atoms with Gasteiger partial charge < -0.3 is 14.9 Å². The van der Waals surface area contributed by atoms with Gasteiger partial charge in [-0.3, -0.25) is 4.79 Å². The second kappa shape index (κ2) is 8.67. The molecule has 4 nitrogen and oxygen atoms in total. The van der Waals surface area contributed by atoms with E-state index in [0.717, 1.165) is 49.9 Å². The Balaban J connectivity index is 1.19. The monoisotopic (exact) mass is 428 g/mol. The molecule has 172 valence electrons. The molecule has 6 saturated carbocycles. The van der Waals surface area contributed by atoms with Crippen molar-refractivity contribution in [1.82, 2.24) is 0 Å². The van der Waals surface area contributed by atoms with E-state index in [2.05, 4.69) is 18.2 Å². The Morgan fingerprint density at radius 1 is 1.13 bits per heavy atom. The summed E-state index contributed by atoms with van der Waals surface area (Å²) in [7, 11) is 1.44. The number of unbranched alkanes of at least 4 members (excludes halogenated alkanes) is 1. The number of hydrogen-bond acceptors (Lipinski definition) is 4. The van der Waals surface area contributed by atoms with Crippen LogP contribution < -0.4 is 0 Å². The minimum atomic E-state index is -0.345. The molecule has 0 saturated heterocycles. The van der Waals surface area contributed by atoms with Crippen molar-refractivity contribution >= 4 is 5.97 Å². The predicted molar refractivity (Wildman–Crippen MR) is 120 cm³/mol. The molecule has 0 aliphatic heterocycles. The Hall–Kier alpha value is -1.13. The number of hydrogen-bond donors (Lipinski definition) is 2. The van der Waals surface area contributed by atoms with Crippen LogP contribution in [0.25, 0.3) is 0 Å². The number of esters is 1. The number of carbonyl (C=O) groups is 1. The maximum absolute atomic E-state index is 11.3. The van der Waals surface area contributed by atoms with E-state index >= 15 is 0 Å². The molecule has 6 rings (SSSR count). The molecular formula is C27H40O4. The van der Waals surface area contributed by atoms with Gasteiger partial charge in [-0.1, -0.05) is 23.8 Å². The number of methoxy groups -OCH3 is 1. The number of allylic oxidation sites excluding steroid dienone is 2. The molecule has 6 fully saturated rings. The zero-order chi connectivity index (χ0) is 21.6. The Labute approximate surface area is 187 Å². The minimum absolute atomic E-state index is 0.120. The lowest BCUT2D eigenvalue weighted by atomic mass is 9.48. The van der Waals surface area contributed by atoms with Gasteiger partial charge in [0.25, 0.3) is 0 Å². The molecule has 5 atom stereocenters. The maximum Gasteiger partial charge on any atom is 0.305 e. The van der Waals surface area contributed by atoms with E-state index < -0.39 is 0 Å². The van der Waals surface area contributed by atoms with Gasteiger partial charge in [0.1, 0.15) is 0 Å². The lowest BCUT2D eigenvalue weighted by Gasteiger charge is -2.58. The summed E-state index contributed by atoms with van der Waals surface area (Å²) in [5.41, 5.74) is 1.61. The van der Waals surface area contributed by atoms with Crippen molar-refractivity contribution in [3.63, 3.8) is 0 Å². The quantitative estimate of drug-likeness (QED) is 0.347. The van der Waals surface area contributed by atoms with Crippen molar-refractivity contribution in [2.24, 2.45) is 40.9 Å². The molecule has 6 aliphatic rings. The van der Waals surface area contributed by atoms with E-state index in [1.807, 2.05) is 0 Å². The average Bonchev–Trinajstić information content (AvgIpc) is 3.24. The van der Waals surface area contributed by atoms with Gasteiger partial charge in [0.05, 0.1) is 19.3 Å². The number of ether oxygens (including phenoxy) is 1. The molecule has 6 aliphatic carbocycles. The number of aliphatic hydroxyl groups is 2. The maximum atomic E-state index is 11.3. The van der Waals surface area contributed by atoms with Crippen LogP contribution in [0.5, 0.6) is 0 Å². The molecule has 0 radical (unpaired) electrons. The van der Waals surface area contributed by atoms with Gasteiger partial charge in [0.15, 0.2) is 0 Å². The Bertz CT molecular complexity index is 702. The van der Waals surface area contributed by atoms with Crippen molar-refractivity contribution in [1.29, 1.82) is 0 Å². The molecule has 31 heavy (non-hydrogen) atoms. The van der Waals surface area contributed by atoms with Gasteiger partial charge in [-0.15, -0.1) is 0 Å². The van der Waals surface area contributed by atoms with Crippen molar-refractivity contribution in [2.45, 2.75) is 89.3 Å². The molecule has 0 aromatic rings. The SMILES string of the molecule is COC(=O)CCCC=C1C[C@@H]2C[C@H](O)[C@@H](C=CC(O)C34CC5CC(CC(C5)C3)C4)[C@@H]2C1. The second-order valence-corrected chi connectivity index (χ2v) is 11.7. The van der Waals surface area contributed by atoms with Gasteiger partial charge >= 0.3 is 5.97 Å². The van der Waals surface area contributed by atoms with Crippen LogP contribution in [0.2, 0.25) is 0 Å². The summed E-state index contributed by atoms with van der Waals surface area (Å²) in [5.74, 6) is 3.64. The molecule has 0 spiro atoms. The summed E-state index contributed by atoms with van der Waals surface area (Å²) >= 11 is 0. The van der Waals surface area contributed by atoms with E-state index in [-0.39, 0.29) is 29.5 Å². The first-order valence-electron chi connectivity index (χ1n) is 12.7. The van der Waals surface area contributed by atoms with Crippen LogP contribution >= 0.6 is 0 Å². The van der Waals surface area contributed by atoms with Crippen molar-refractivity contribution in [3.05, 3.63) is 23.8 Å². The molecule has 1 unspecified atom stereocenters. The lowest BCUT2D eigenvalue weighted by Crippen LogP contribution is -2.51. The van der Waals surface area contributed by atoms with Crippen LogP contribution in [0.3, 0.4) is 0 Å². The third kappa shape index (κ3) is 4.27. The highest BCUT2D eigenvalue weighted by molar-refractivity contribution is 5.69. The highest BCUT2D eigenvalue weighted by Gasteiger charge is 2.53. The van der Waals surface area contributed by atoms with Crippen LogP contribution in [0.4, 0.5) is 0 Å². The second-order valence-electron chi connectivity index (χ2n) is 11.7. The minimum Gasteiger partial charge on any atom is -0.469 e. The molecule has 0 amide bonds. The zero-order valence-corrected chi connectivity index (χ0v) is 19.0. The lowest BCUT2D eigenvalue weighted by molar-refractivity contribution is -0.140. The smallest absolute Gasteiger partial charge is 0.305 e. The summed E-state index contributed by atoms with van der Waals surface area (Å²) in [6.07, 6.45) is 19.1. The highest BCUT2D eigenvalue weighted by atomic mass is 16.5. The fourth-order valence-electron chi connectivity index (χ4n) is 8.57. The Morgan fingerprint density at radius 3 is 2.45 bits per heavy atom. The molecule has 0 aromatic carbocycles. The first-order valence-corrected chi connectivity index (χ1v) is 12.7. The van der Waals surface area contributed by atoms with E-state index in [4.69, 9.17) is 4.74 Å². The molecule has 2 N–H and O–H groups in total. The third-order valence-electron chi connectivity index (χ3n) is 9.59. The summed E-state index contributed by atoms with van der Waals surface area (Å²) < 4.78 is 4.72. The third-order valence-corrected chi connectivity index (χ3v) is 9.59. The summed E-state index contributed by atoms with van der Waals surface area (Å²) in [5, 5.41) is 22.0. The Morgan fingerprint density at radius 2 is 1.81 bits per heavy atom. The molecule has 4 heteroatoms. The number of rotatable bonds is 7. The van der Waals surface area contributed by atoms with Crippen molar-refractivity contribution in [3.8, 4) is 0 Å². The van der Waals surface area contributed by atoms with Crippen LogP contribution in [0.1, 0.15) is 77.0 Å². The first kappa shape index (κ1) is 21.7. The highest BCUT2D eigenvalue weighted by Crippen LogP contribution is 2.61. The van der Waals surface area contributed by atoms with Gasteiger partial charge in [0.2, 0.25) is 0 Å². The average molecular weight is 429 g/mol. The number of fused-ring (bicyclic) bond motifs is 1. The first-order chi connectivity index (χ1) is 15.0. The predicted octanol–water partition coefficient (Wildman–Crippen LogP) is 4.80. The van der Waals surface area contributed by atoms with Crippen molar-refractivity contribution in [2.75, 3.05) is 7.11 Å². The fraction of sp³-hybridized carbons (Fsp3) is 0.815. The van der Waals surface area contributed by atoms with E-state index in [1.54, 1.807) is 0 Å². The van der Waals surface area contributed by atoms with Crippen LogP contribution in [0.15, 0.2) is 23.8 Å². The molecular weight excluding hydrogens is 388 g/mol. The summed E-state index contributed by atoms with van der Waals surface area (Å²) in [6.45, 7) is 0. The normalized spacial score (nSPS) is 45.5. The summed E-state index contributed by atoms with van der Waals surface area (Å²) in [6, 6.07) is 0. The van der Waals surface area contributed by atoms with Gasteiger partial charge in [-0.2, -0.15) is 0 Å². The van der Waals surface area contributed by atoms with Crippen molar-refractivity contribution < 1.29 is 19.7 Å². The van der Waals surface area contributed by atoms with Crippen LogP contribution in [-0.2, 0) is 9.53 Å². The summed E-state index contributed by atoms with van der Waals surface area (Å²) in [4.78, 5) is 11.3. The van der Waals surface area contributed by atoms with E-state index in [1.165, 1.54) is 51.2 Å².